The maximum absolute atomic E-state index is 11.3. The first-order valence-electron chi connectivity index (χ1n) is 5.93. The zero-order valence-electron chi connectivity index (χ0n) is 10.2. The van der Waals surface area contributed by atoms with Crippen molar-refractivity contribution in [3.8, 4) is 0 Å². The second-order valence-corrected chi connectivity index (χ2v) is 4.85. The van der Waals surface area contributed by atoms with E-state index in [0.29, 0.717) is 0 Å². The van der Waals surface area contributed by atoms with Gasteiger partial charge >= 0.3 is 5.97 Å². The zero-order valence-corrected chi connectivity index (χ0v) is 10.2. The molecule has 0 aromatic heterocycles. The maximum Gasteiger partial charge on any atom is 0.310 e. The van der Waals surface area contributed by atoms with Crippen molar-refractivity contribution in [3.05, 3.63) is 0 Å². The normalized spacial score (nSPS) is 22.3. The van der Waals surface area contributed by atoms with Crippen LogP contribution in [0.5, 0.6) is 0 Å². The molecule has 0 saturated carbocycles. The Labute approximate surface area is 92.8 Å². The molecule has 1 aliphatic rings. The number of nitrogens with zero attached hydrogens (tertiary/aromatic N) is 1. The maximum atomic E-state index is 11.3. The first-order chi connectivity index (χ1) is 7.13. The molecule has 0 radical (unpaired) electrons. The SMILES string of the molecule is COC(=O)C1CCN(CCCC(C)C)C1. The highest BCUT2D eigenvalue weighted by atomic mass is 16.5. The Morgan fingerprint density at radius 2 is 2.27 bits per heavy atom. The number of carbonyl (C=O) groups is 1. The number of likely N-dealkylation sites (tertiary alicyclic amines) is 1. The van der Waals surface area contributed by atoms with E-state index in [1.807, 2.05) is 0 Å². The third kappa shape index (κ3) is 4.20. The van der Waals surface area contributed by atoms with Gasteiger partial charge in [-0.3, -0.25) is 4.79 Å². The van der Waals surface area contributed by atoms with Crippen molar-refractivity contribution in [1.82, 2.24) is 4.90 Å². The lowest BCUT2D eigenvalue weighted by atomic mass is 10.1. The van der Waals surface area contributed by atoms with Gasteiger partial charge in [0.25, 0.3) is 0 Å². The van der Waals surface area contributed by atoms with E-state index in [-0.39, 0.29) is 11.9 Å². The quantitative estimate of drug-likeness (QED) is 0.653. The molecule has 1 unspecified atom stereocenters. The van der Waals surface area contributed by atoms with E-state index in [9.17, 15) is 4.79 Å². The van der Waals surface area contributed by atoms with Gasteiger partial charge in [-0.15, -0.1) is 0 Å². The lowest BCUT2D eigenvalue weighted by Gasteiger charge is -2.15. The Morgan fingerprint density at radius 1 is 1.53 bits per heavy atom. The van der Waals surface area contributed by atoms with Crippen molar-refractivity contribution in [2.45, 2.75) is 33.1 Å². The zero-order chi connectivity index (χ0) is 11.3. The molecule has 3 heteroatoms. The molecule has 3 nitrogen and oxygen atoms in total. The molecular weight excluding hydrogens is 190 g/mol. The molecule has 0 spiro atoms. The minimum Gasteiger partial charge on any atom is -0.469 e. The summed E-state index contributed by atoms with van der Waals surface area (Å²) in [6.07, 6.45) is 3.49. The molecular formula is C12H23NO2. The van der Waals surface area contributed by atoms with Gasteiger partial charge in [-0.25, -0.2) is 0 Å². The molecule has 1 saturated heterocycles. The molecule has 1 heterocycles. The predicted octanol–water partition coefficient (Wildman–Crippen LogP) is 1.92. The highest BCUT2D eigenvalue weighted by Crippen LogP contribution is 2.18. The van der Waals surface area contributed by atoms with Gasteiger partial charge in [-0.05, 0) is 38.3 Å². The van der Waals surface area contributed by atoms with Crippen molar-refractivity contribution in [1.29, 1.82) is 0 Å². The van der Waals surface area contributed by atoms with Crippen LogP contribution in [0.25, 0.3) is 0 Å². The van der Waals surface area contributed by atoms with Crippen LogP contribution in [0.3, 0.4) is 0 Å². The minimum absolute atomic E-state index is 0.0404. The summed E-state index contributed by atoms with van der Waals surface area (Å²) < 4.78 is 4.76. The molecule has 1 rings (SSSR count). The molecule has 0 aromatic carbocycles. The molecule has 0 bridgehead atoms. The Balaban J connectivity index is 2.16. The number of rotatable bonds is 5. The van der Waals surface area contributed by atoms with Gasteiger partial charge in [0, 0.05) is 6.54 Å². The van der Waals surface area contributed by atoms with Crippen molar-refractivity contribution < 1.29 is 9.53 Å². The Hall–Kier alpha value is -0.570. The summed E-state index contributed by atoms with van der Waals surface area (Å²) in [5.74, 6) is 0.861. The van der Waals surface area contributed by atoms with Gasteiger partial charge in [-0.2, -0.15) is 0 Å². The third-order valence-corrected chi connectivity index (χ3v) is 3.06. The van der Waals surface area contributed by atoms with E-state index >= 15 is 0 Å². The van der Waals surface area contributed by atoms with Gasteiger partial charge < -0.3 is 9.64 Å². The molecule has 0 aromatic rings. The third-order valence-electron chi connectivity index (χ3n) is 3.06. The van der Waals surface area contributed by atoms with Crippen LogP contribution in [0.15, 0.2) is 0 Å². The van der Waals surface area contributed by atoms with Crippen LogP contribution in [-0.4, -0.2) is 37.6 Å². The van der Waals surface area contributed by atoms with E-state index in [2.05, 4.69) is 18.7 Å². The number of hydrogen-bond acceptors (Lipinski definition) is 3. The number of hydrogen-bond donors (Lipinski definition) is 0. The molecule has 15 heavy (non-hydrogen) atoms. The summed E-state index contributed by atoms with van der Waals surface area (Å²) in [5.41, 5.74) is 0. The first-order valence-corrected chi connectivity index (χ1v) is 5.93. The van der Waals surface area contributed by atoms with Crippen LogP contribution in [0.2, 0.25) is 0 Å². The van der Waals surface area contributed by atoms with Crippen molar-refractivity contribution in [2.24, 2.45) is 11.8 Å². The summed E-state index contributed by atoms with van der Waals surface area (Å²) in [5, 5.41) is 0. The summed E-state index contributed by atoms with van der Waals surface area (Å²) in [6.45, 7) is 7.58. The van der Waals surface area contributed by atoms with Gasteiger partial charge in [0.05, 0.1) is 13.0 Å². The van der Waals surface area contributed by atoms with E-state index < -0.39 is 0 Å². The number of methoxy groups -OCH3 is 1. The van der Waals surface area contributed by atoms with Gasteiger partial charge in [0.1, 0.15) is 0 Å². The van der Waals surface area contributed by atoms with Crippen LogP contribution in [0, 0.1) is 11.8 Å². The Kier molecular flexibility index (Phi) is 5.09. The monoisotopic (exact) mass is 213 g/mol. The lowest BCUT2D eigenvalue weighted by molar-refractivity contribution is -0.144. The molecule has 88 valence electrons. The summed E-state index contributed by atoms with van der Waals surface area (Å²) in [7, 11) is 1.48. The fraction of sp³-hybridized carbons (Fsp3) is 0.917. The molecule has 0 N–H and O–H groups in total. The molecule has 1 fully saturated rings. The van der Waals surface area contributed by atoms with Crippen molar-refractivity contribution in [2.75, 3.05) is 26.7 Å². The van der Waals surface area contributed by atoms with Crippen LogP contribution < -0.4 is 0 Å². The lowest BCUT2D eigenvalue weighted by Crippen LogP contribution is -2.25. The van der Waals surface area contributed by atoms with Crippen LogP contribution >= 0.6 is 0 Å². The second kappa shape index (κ2) is 6.11. The highest BCUT2D eigenvalue weighted by Gasteiger charge is 2.28. The first kappa shape index (κ1) is 12.5. The smallest absolute Gasteiger partial charge is 0.310 e. The minimum atomic E-state index is -0.0404. The summed E-state index contributed by atoms with van der Waals surface area (Å²) in [4.78, 5) is 13.7. The average molecular weight is 213 g/mol. The van der Waals surface area contributed by atoms with Crippen LogP contribution in [-0.2, 0) is 9.53 Å². The van der Waals surface area contributed by atoms with Gasteiger partial charge in [-0.1, -0.05) is 13.8 Å². The molecule has 1 atom stereocenters. The van der Waals surface area contributed by atoms with Crippen molar-refractivity contribution >= 4 is 5.97 Å². The largest absolute Gasteiger partial charge is 0.469 e. The number of carbonyl (C=O) groups excluding carboxylic acids is 1. The average Bonchev–Trinajstić information content (AvgIpc) is 2.65. The fourth-order valence-electron chi connectivity index (χ4n) is 2.12. The number of esters is 1. The Morgan fingerprint density at radius 3 is 2.87 bits per heavy atom. The molecule has 1 aliphatic heterocycles. The standard InChI is InChI=1S/C12H23NO2/c1-10(2)5-4-7-13-8-6-11(9-13)12(14)15-3/h10-11H,4-9H2,1-3H3. The van der Waals surface area contributed by atoms with E-state index in [4.69, 9.17) is 4.74 Å². The van der Waals surface area contributed by atoms with E-state index in [0.717, 1.165) is 32.0 Å². The number of ether oxygens (including phenoxy) is 1. The summed E-state index contributed by atoms with van der Waals surface area (Å²) in [6, 6.07) is 0. The predicted molar refractivity (Wildman–Crippen MR) is 60.6 cm³/mol. The topological polar surface area (TPSA) is 29.5 Å². The van der Waals surface area contributed by atoms with Crippen LogP contribution in [0.1, 0.15) is 33.1 Å². The highest BCUT2D eigenvalue weighted by molar-refractivity contribution is 5.72. The molecule has 0 aliphatic carbocycles. The van der Waals surface area contributed by atoms with E-state index in [1.54, 1.807) is 0 Å². The van der Waals surface area contributed by atoms with Gasteiger partial charge in [0.2, 0.25) is 0 Å². The van der Waals surface area contributed by atoms with Crippen LogP contribution in [0.4, 0.5) is 0 Å². The van der Waals surface area contributed by atoms with Crippen molar-refractivity contribution in [3.63, 3.8) is 0 Å². The second-order valence-electron chi connectivity index (χ2n) is 4.85. The van der Waals surface area contributed by atoms with E-state index in [1.165, 1.54) is 20.0 Å². The fourth-order valence-corrected chi connectivity index (χ4v) is 2.12. The van der Waals surface area contributed by atoms with Gasteiger partial charge in [0.15, 0.2) is 0 Å². The Bertz CT molecular complexity index is 204. The summed E-state index contributed by atoms with van der Waals surface area (Å²) >= 11 is 0. The molecule has 0 amide bonds.